The highest BCUT2D eigenvalue weighted by Gasteiger charge is 2.60. The first-order valence-corrected chi connectivity index (χ1v) is 23.9. The van der Waals surface area contributed by atoms with Crippen molar-refractivity contribution in [1.29, 1.82) is 0 Å². The molecule has 79 heavy (non-hydrogen) atoms. The van der Waals surface area contributed by atoms with E-state index in [9.17, 15) is 115 Å². The normalized spacial score (nSPS) is 45.7. The van der Waals surface area contributed by atoms with Gasteiger partial charge in [-0.1, -0.05) is 0 Å². The monoisotopic (exact) mass is 1150 g/mol. The number of rotatable bonds is 19. The quantitative estimate of drug-likeness (QED) is 0.0534. The number of hydrogen-bond acceptors (Lipinski definition) is 31. The van der Waals surface area contributed by atoms with E-state index in [0.717, 1.165) is 20.8 Å². The van der Waals surface area contributed by atoms with Gasteiger partial charge in [-0.15, -0.1) is 0 Å². The van der Waals surface area contributed by atoms with Gasteiger partial charge in [0, 0.05) is 20.8 Å². The van der Waals surface area contributed by atoms with Crippen LogP contribution in [0.3, 0.4) is 0 Å². The number of aliphatic carboxylic acids is 3. The van der Waals surface area contributed by atoms with Crippen molar-refractivity contribution in [3.05, 3.63) is 0 Å². The van der Waals surface area contributed by atoms with Crippen molar-refractivity contribution in [2.75, 3.05) is 19.8 Å². The van der Waals surface area contributed by atoms with Crippen molar-refractivity contribution in [3.8, 4) is 0 Å². The number of hydrogen-bond donors (Lipinski definition) is 19. The average Bonchev–Trinajstić information content (AvgIpc) is 3.54. The molecule has 37 heteroatoms. The molecule has 19 N–H and O–H groups in total. The van der Waals surface area contributed by atoms with E-state index in [1.807, 2.05) is 0 Å². The molecule has 6 aliphatic rings. The molecule has 0 aliphatic carbocycles. The summed E-state index contributed by atoms with van der Waals surface area (Å²) in [5, 5.41) is 178. The Bertz CT molecular complexity index is 2170. The second-order valence-electron chi connectivity index (χ2n) is 18.9. The fourth-order valence-corrected chi connectivity index (χ4v) is 9.52. The Balaban J connectivity index is 1.25. The second kappa shape index (κ2) is 26.6. The standard InChI is InChI=1S/C42H63N3O34/c1-7(49)43-13-26(16(52)10(4-46)69-37(13)68)72-41-24(60)21(57)29(32(78-41)35(64)65)75-39-15(45-9(3)51)28(18(54)12(6-48)71-39)74-42-25(61)22(58)30(33(79-42)36(66)67)76-38-14(44-8(2)50)27(17(53)11(5-47)70-38)73-40-23(59)19(55)20(56)31(77-40)34(62)63/h10-19,21-33,37-42,46-48,52-55,57-61,68H,4-6H2,1-3H3,(H,43,49)(H,44,50)(H,45,51)(H,62,63)(H,64,65)(H,66,67)/t10-,11-,12-,13-,14-,15-,16-,17-,18-,19+,21-,22-,23-,24-,25-,26-,27-,28-,29+,30+,31+,32+,33+,37-,38+,39+,40-,41-,42-/m1/s1. The van der Waals surface area contributed by atoms with Crippen LogP contribution in [0.15, 0.2) is 0 Å². The van der Waals surface area contributed by atoms with Crippen LogP contribution in [-0.2, 0) is 85.7 Å². The van der Waals surface area contributed by atoms with Crippen LogP contribution in [0.1, 0.15) is 20.8 Å². The van der Waals surface area contributed by atoms with E-state index >= 15 is 0 Å². The van der Waals surface area contributed by atoms with Gasteiger partial charge in [-0.3, -0.25) is 19.2 Å². The minimum Gasteiger partial charge on any atom is -0.479 e. The Kier molecular flexibility index (Phi) is 21.5. The first kappa shape index (κ1) is 63.7. The molecule has 450 valence electrons. The Labute approximate surface area is 442 Å². The number of Topliss-reactive ketones (excluding diaryl/α,β-unsaturated/α-hetero) is 1. The van der Waals surface area contributed by atoms with Gasteiger partial charge in [0.1, 0.15) is 122 Å². The number of carboxylic acids is 3. The van der Waals surface area contributed by atoms with E-state index in [1.165, 1.54) is 0 Å². The molecule has 0 aromatic heterocycles. The number of ketones is 1. The topological polar surface area (TPSA) is 581 Å². The maximum absolute atomic E-state index is 12.9. The van der Waals surface area contributed by atoms with Crippen LogP contribution >= 0.6 is 0 Å². The van der Waals surface area contributed by atoms with Gasteiger partial charge in [-0.2, -0.15) is 0 Å². The summed E-state index contributed by atoms with van der Waals surface area (Å²) < 4.78 is 61.0. The molecule has 0 bridgehead atoms. The van der Waals surface area contributed by atoms with Crippen molar-refractivity contribution in [2.24, 2.45) is 0 Å². The zero-order valence-corrected chi connectivity index (χ0v) is 41.4. The van der Waals surface area contributed by atoms with Crippen molar-refractivity contribution in [3.63, 3.8) is 0 Å². The van der Waals surface area contributed by atoms with Crippen molar-refractivity contribution in [2.45, 2.75) is 199 Å². The highest BCUT2D eigenvalue weighted by molar-refractivity contribution is 6.04. The largest absolute Gasteiger partial charge is 0.479 e. The third-order valence-corrected chi connectivity index (χ3v) is 13.4. The summed E-state index contributed by atoms with van der Waals surface area (Å²) in [6, 6.07) is -5.62. The molecule has 37 nitrogen and oxygen atoms in total. The first-order valence-electron chi connectivity index (χ1n) is 23.9. The zero-order chi connectivity index (χ0) is 58.8. The SMILES string of the molecule is CC(=O)N[C@@H]1[C@@H](O[C@@H]2O[C@H](C(=O)O)[C@@H](O[C@@H]3O[C@H](CO)[C@@H](O)[C@H](O[C@@H]4O[C@H](C(=O)O)[C@@H](O[C@@H]5O[C@H](CO)[C@@H](O)[C@H](O[C@@H]6O[C@H](C(=O)O)C(=O)[C@H](O)[C@H]6O)[C@H]5NC(C)=O)[C@H](O)[C@H]4O)[C@H]3NC(C)=O)[C@H](O)[C@H]2O)[C@H](O)[C@@H](CO)O[C@H]1O. The van der Waals surface area contributed by atoms with Gasteiger partial charge in [-0.25, -0.2) is 14.4 Å². The minimum atomic E-state index is -2.53. The average molecular weight is 1150 g/mol. The summed E-state index contributed by atoms with van der Waals surface area (Å²) in [5.74, 6) is -10.2. The lowest BCUT2D eigenvalue weighted by Crippen LogP contribution is -2.71. The van der Waals surface area contributed by atoms with Crippen LogP contribution in [0.4, 0.5) is 0 Å². The summed E-state index contributed by atoms with van der Waals surface area (Å²) in [6.45, 7) is -0.445. The maximum Gasteiger partial charge on any atom is 0.340 e. The summed E-state index contributed by atoms with van der Waals surface area (Å²) >= 11 is 0. The molecule has 0 aromatic rings. The molecular formula is C42H63N3O34. The Morgan fingerprint density at radius 3 is 1.08 bits per heavy atom. The molecule has 0 spiro atoms. The Morgan fingerprint density at radius 2 is 0.734 bits per heavy atom. The van der Waals surface area contributed by atoms with E-state index < -0.39 is 239 Å². The molecule has 6 aliphatic heterocycles. The summed E-state index contributed by atoms with van der Waals surface area (Å²) in [6.07, 6.45) is -57.7. The number of carboxylic acid groups (broad SMARTS) is 3. The fourth-order valence-electron chi connectivity index (χ4n) is 9.52. The van der Waals surface area contributed by atoms with Crippen LogP contribution < -0.4 is 16.0 Å². The van der Waals surface area contributed by atoms with Crippen molar-refractivity contribution < 1.29 is 167 Å². The number of aliphatic hydroxyl groups is 13. The predicted molar refractivity (Wildman–Crippen MR) is 235 cm³/mol. The van der Waals surface area contributed by atoms with E-state index in [1.54, 1.807) is 0 Å². The lowest BCUT2D eigenvalue weighted by Gasteiger charge is -2.50. The van der Waals surface area contributed by atoms with Crippen molar-refractivity contribution in [1.82, 2.24) is 16.0 Å². The highest BCUT2D eigenvalue weighted by Crippen LogP contribution is 2.37. The molecule has 0 aromatic carbocycles. The third-order valence-electron chi connectivity index (χ3n) is 13.4. The lowest BCUT2D eigenvalue weighted by molar-refractivity contribution is -0.376. The molecule has 3 amide bonds. The number of aliphatic hydroxyl groups excluding tert-OH is 13. The number of carbonyl (C=O) groups excluding carboxylic acids is 4. The smallest absolute Gasteiger partial charge is 0.340 e. The van der Waals surface area contributed by atoms with E-state index in [-0.39, 0.29) is 0 Å². The second-order valence-corrected chi connectivity index (χ2v) is 18.9. The van der Waals surface area contributed by atoms with Gasteiger partial charge in [0.05, 0.1) is 19.8 Å². The van der Waals surface area contributed by atoms with Gasteiger partial charge < -0.3 is 150 Å². The molecule has 29 atom stereocenters. The summed E-state index contributed by atoms with van der Waals surface area (Å²) in [5.41, 5.74) is 0. The van der Waals surface area contributed by atoms with Crippen LogP contribution in [0.5, 0.6) is 0 Å². The molecular weight excluding hydrogens is 1090 g/mol. The Hall–Kier alpha value is -4.47. The van der Waals surface area contributed by atoms with Gasteiger partial charge in [0.25, 0.3) is 0 Å². The van der Waals surface area contributed by atoms with Crippen LogP contribution in [0, 0.1) is 0 Å². The van der Waals surface area contributed by atoms with Crippen LogP contribution in [-0.4, -0.2) is 321 Å². The molecule has 0 saturated carbocycles. The van der Waals surface area contributed by atoms with Crippen molar-refractivity contribution >= 4 is 41.4 Å². The highest BCUT2D eigenvalue weighted by atomic mass is 16.8. The lowest BCUT2D eigenvalue weighted by atomic mass is 9.93. The molecule has 0 unspecified atom stereocenters. The van der Waals surface area contributed by atoms with Crippen LogP contribution in [0.2, 0.25) is 0 Å². The maximum atomic E-state index is 12.9. The third kappa shape index (κ3) is 13.7. The molecule has 6 fully saturated rings. The van der Waals surface area contributed by atoms with E-state index in [2.05, 4.69) is 16.0 Å². The molecule has 6 saturated heterocycles. The van der Waals surface area contributed by atoms with Gasteiger partial charge in [0.2, 0.25) is 29.6 Å². The van der Waals surface area contributed by atoms with E-state index in [0.29, 0.717) is 0 Å². The minimum absolute atomic E-state index is 0.808. The number of amides is 3. The molecule has 0 radical (unpaired) electrons. The summed E-state index contributed by atoms with van der Waals surface area (Å²) in [4.78, 5) is 87.0. The Morgan fingerprint density at radius 1 is 0.405 bits per heavy atom. The number of nitrogens with one attached hydrogen (secondary N) is 3. The van der Waals surface area contributed by atoms with Gasteiger partial charge >= 0.3 is 17.9 Å². The zero-order valence-electron chi connectivity index (χ0n) is 41.4. The predicted octanol–water partition coefficient (Wildman–Crippen LogP) is -13.2. The van der Waals surface area contributed by atoms with Gasteiger partial charge in [0.15, 0.2) is 49.9 Å². The molecule has 6 heterocycles. The fraction of sp³-hybridized carbons (Fsp3) is 0.833. The van der Waals surface area contributed by atoms with Gasteiger partial charge in [-0.05, 0) is 0 Å². The number of ether oxygens (including phenoxy) is 11. The molecule has 6 rings (SSSR count). The number of carbonyl (C=O) groups is 7. The van der Waals surface area contributed by atoms with Crippen LogP contribution in [0.25, 0.3) is 0 Å². The van der Waals surface area contributed by atoms with E-state index in [4.69, 9.17) is 52.1 Å². The first-order chi connectivity index (χ1) is 37.1. The summed E-state index contributed by atoms with van der Waals surface area (Å²) in [7, 11) is 0.